The van der Waals surface area contributed by atoms with Crippen molar-refractivity contribution in [2.45, 2.75) is 32.7 Å². The summed E-state index contributed by atoms with van der Waals surface area (Å²) in [5.41, 5.74) is 1.02. The van der Waals surface area contributed by atoms with E-state index in [0.29, 0.717) is 6.61 Å². The lowest BCUT2D eigenvalue weighted by molar-refractivity contribution is -0.194. The van der Waals surface area contributed by atoms with Gasteiger partial charge in [-0.15, -0.1) is 22.2 Å². The minimum Gasteiger partial charge on any atom is -0.462 e. The van der Waals surface area contributed by atoms with Crippen LogP contribution >= 0.6 is 22.2 Å². The summed E-state index contributed by atoms with van der Waals surface area (Å²) in [4.78, 5) is 0. The van der Waals surface area contributed by atoms with Crippen LogP contribution in [0.1, 0.15) is 25.8 Å². The first-order valence-electron chi connectivity index (χ1n) is 5.18. The van der Waals surface area contributed by atoms with Crippen molar-refractivity contribution in [3.8, 4) is 5.75 Å². The Morgan fingerprint density at radius 3 is 2.81 bits per heavy atom. The van der Waals surface area contributed by atoms with E-state index in [2.05, 4.69) is 0 Å². The minimum atomic E-state index is -1.45. The SMILES string of the molecule is CCC1(C)OCc2cc([Si](Cl)Cl)ccc2O1. The Bertz CT molecular complexity index is 398. The fourth-order valence-corrected chi connectivity index (χ4v) is 2.77. The number of benzene rings is 1. The lowest BCUT2D eigenvalue weighted by Crippen LogP contribution is -2.38. The summed E-state index contributed by atoms with van der Waals surface area (Å²) in [6.07, 6.45) is 0.814. The monoisotopic (exact) mass is 275 g/mol. The highest BCUT2D eigenvalue weighted by molar-refractivity contribution is 7.39. The van der Waals surface area contributed by atoms with Crippen molar-refractivity contribution >= 4 is 34.8 Å². The van der Waals surface area contributed by atoms with Gasteiger partial charge in [-0.05, 0) is 11.3 Å². The van der Waals surface area contributed by atoms with E-state index in [0.717, 1.165) is 22.9 Å². The topological polar surface area (TPSA) is 18.5 Å². The second-order valence-electron chi connectivity index (χ2n) is 3.96. The fraction of sp³-hybridized carbons (Fsp3) is 0.455. The Morgan fingerprint density at radius 2 is 2.19 bits per heavy atom. The van der Waals surface area contributed by atoms with Crippen LogP contribution in [0, 0.1) is 0 Å². The van der Waals surface area contributed by atoms with Gasteiger partial charge in [0.2, 0.25) is 5.79 Å². The molecule has 87 valence electrons. The third-order valence-corrected chi connectivity index (χ3v) is 4.84. The van der Waals surface area contributed by atoms with Gasteiger partial charge in [-0.1, -0.05) is 19.1 Å². The summed E-state index contributed by atoms with van der Waals surface area (Å²) < 4.78 is 11.5. The zero-order chi connectivity index (χ0) is 11.8. The summed E-state index contributed by atoms with van der Waals surface area (Å²) in [6.45, 7) is 4.54. The van der Waals surface area contributed by atoms with Crippen molar-refractivity contribution < 1.29 is 9.47 Å². The Labute approximate surface area is 106 Å². The summed E-state index contributed by atoms with van der Waals surface area (Å²) in [5, 5.41) is 0.972. The molecule has 1 aliphatic rings. The highest BCUT2D eigenvalue weighted by atomic mass is 35.7. The van der Waals surface area contributed by atoms with Gasteiger partial charge in [-0.3, -0.25) is 0 Å². The molecule has 0 N–H and O–H groups in total. The van der Waals surface area contributed by atoms with Gasteiger partial charge in [0.05, 0.1) is 6.61 Å². The number of hydrogen-bond donors (Lipinski definition) is 0. The molecule has 0 fully saturated rings. The van der Waals surface area contributed by atoms with Crippen molar-refractivity contribution in [3.63, 3.8) is 0 Å². The first kappa shape index (κ1) is 12.2. The van der Waals surface area contributed by atoms with Gasteiger partial charge in [-0.25, -0.2) is 0 Å². The first-order chi connectivity index (χ1) is 7.54. The molecule has 2 rings (SSSR count). The van der Waals surface area contributed by atoms with Gasteiger partial charge < -0.3 is 9.47 Å². The molecule has 1 radical (unpaired) electrons. The van der Waals surface area contributed by atoms with E-state index < -0.39 is 13.2 Å². The number of rotatable bonds is 2. The van der Waals surface area contributed by atoms with Crippen LogP contribution in [0.3, 0.4) is 0 Å². The zero-order valence-corrected chi connectivity index (χ0v) is 11.7. The van der Waals surface area contributed by atoms with Crippen molar-refractivity contribution in [2.75, 3.05) is 0 Å². The molecule has 0 amide bonds. The molecular formula is C11H13Cl2O2Si. The second kappa shape index (κ2) is 4.57. The van der Waals surface area contributed by atoms with E-state index in [-0.39, 0.29) is 0 Å². The summed E-state index contributed by atoms with van der Waals surface area (Å²) in [7, 11) is -1.45. The summed E-state index contributed by atoms with van der Waals surface area (Å²) in [6, 6.07) is 5.82. The first-order valence-corrected chi connectivity index (χ1v) is 8.70. The average molecular weight is 276 g/mol. The molecule has 0 aliphatic carbocycles. The number of ether oxygens (including phenoxy) is 2. The fourth-order valence-electron chi connectivity index (χ4n) is 1.58. The molecule has 1 atom stereocenters. The van der Waals surface area contributed by atoms with Crippen LogP contribution in [0.2, 0.25) is 0 Å². The quantitative estimate of drug-likeness (QED) is 0.611. The molecule has 0 saturated heterocycles. The smallest absolute Gasteiger partial charge is 0.307 e. The lowest BCUT2D eigenvalue weighted by atomic mass is 10.1. The third kappa shape index (κ3) is 2.37. The van der Waals surface area contributed by atoms with E-state index in [1.54, 1.807) is 0 Å². The van der Waals surface area contributed by atoms with Gasteiger partial charge in [-0.2, -0.15) is 0 Å². The maximum absolute atomic E-state index is 5.91. The average Bonchev–Trinajstić information content (AvgIpc) is 2.28. The Balaban J connectivity index is 2.29. The molecule has 1 aromatic rings. The van der Waals surface area contributed by atoms with Crippen molar-refractivity contribution in [1.82, 2.24) is 0 Å². The van der Waals surface area contributed by atoms with Crippen LogP contribution in [0.4, 0.5) is 0 Å². The largest absolute Gasteiger partial charge is 0.462 e. The minimum absolute atomic E-state index is 0.510. The highest BCUT2D eigenvalue weighted by Crippen LogP contribution is 2.32. The predicted molar refractivity (Wildman–Crippen MR) is 67.6 cm³/mol. The van der Waals surface area contributed by atoms with Gasteiger partial charge in [0, 0.05) is 18.9 Å². The van der Waals surface area contributed by atoms with Crippen LogP contribution in [0.15, 0.2) is 18.2 Å². The van der Waals surface area contributed by atoms with Crippen LogP contribution < -0.4 is 9.92 Å². The zero-order valence-electron chi connectivity index (χ0n) is 9.22. The van der Waals surface area contributed by atoms with Gasteiger partial charge in [0.15, 0.2) is 0 Å². The Morgan fingerprint density at radius 1 is 1.44 bits per heavy atom. The number of halogens is 2. The Hall–Kier alpha value is -0.223. The van der Waals surface area contributed by atoms with Gasteiger partial charge in [0.1, 0.15) is 5.75 Å². The summed E-state index contributed by atoms with van der Waals surface area (Å²) in [5.74, 6) is 0.362. The van der Waals surface area contributed by atoms with Crippen LogP contribution in [0.5, 0.6) is 5.75 Å². The van der Waals surface area contributed by atoms with E-state index in [9.17, 15) is 0 Å². The third-order valence-electron chi connectivity index (χ3n) is 2.78. The number of fused-ring (bicyclic) bond motifs is 1. The van der Waals surface area contributed by atoms with Crippen molar-refractivity contribution in [2.24, 2.45) is 0 Å². The second-order valence-corrected chi connectivity index (χ2v) is 7.91. The van der Waals surface area contributed by atoms with Crippen LogP contribution in [-0.4, -0.2) is 13.2 Å². The molecule has 2 nitrogen and oxygen atoms in total. The highest BCUT2D eigenvalue weighted by Gasteiger charge is 2.30. The molecule has 1 aromatic carbocycles. The van der Waals surface area contributed by atoms with E-state index in [1.165, 1.54) is 0 Å². The standard InChI is InChI=1S/C11H13Cl2O2Si/c1-3-11(2)14-7-8-6-9(16(12)13)4-5-10(8)15-11/h4-6H,3,7H2,1-2H3. The molecule has 0 saturated carbocycles. The van der Waals surface area contributed by atoms with Gasteiger partial charge >= 0.3 is 7.42 Å². The molecule has 5 heteroatoms. The lowest BCUT2D eigenvalue weighted by Gasteiger charge is -2.35. The van der Waals surface area contributed by atoms with Crippen LogP contribution in [0.25, 0.3) is 0 Å². The molecule has 0 aromatic heterocycles. The molecular weight excluding hydrogens is 263 g/mol. The normalized spacial score (nSPS) is 24.1. The van der Waals surface area contributed by atoms with Crippen molar-refractivity contribution in [1.29, 1.82) is 0 Å². The van der Waals surface area contributed by atoms with Crippen LogP contribution in [-0.2, 0) is 11.3 Å². The molecule has 0 spiro atoms. The maximum atomic E-state index is 5.91. The Kier molecular flexibility index (Phi) is 3.49. The maximum Gasteiger partial charge on any atom is 0.307 e. The molecule has 1 unspecified atom stereocenters. The summed E-state index contributed by atoms with van der Waals surface area (Å²) >= 11 is 11.8. The van der Waals surface area contributed by atoms with E-state index in [4.69, 9.17) is 31.6 Å². The predicted octanol–water partition coefficient (Wildman–Crippen LogP) is 2.89. The molecule has 0 bridgehead atoms. The molecule has 16 heavy (non-hydrogen) atoms. The number of hydrogen-bond acceptors (Lipinski definition) is 2. The van der Waals surface area contributed by atoms with Crippen molar-refractivity contribution in [3.05, 3.63) is 23.8 Å². The molecule has 1 heterocycles. The van der Waals surface area contributed by atoms with Gasteiger partial charge in [0.25, 0.3) is 0 Å². The van der Waals surface area contributed by atoms with E-state index >= 15 is 0 Å². The molecule has 1 aliphatic heterocycles. The van der Waals surface area contributed by atoms with E-state index in [1.807, 2.05) is 32.0 Å².